The van der Waals surface area contributed by atoms with Crippen molar-refractivity contribution >= 4 is 0 Å². The fourth-order valence-corrected chi connectivity index (χ4v) is 1.71. The highest BCUT2D eigenvalue weighted by atomic mass is 19.1. The van der Waals surface area contributed by atoms with Crippen LogP contribution in [0.3, 0.4) is 0 Å². The minimum Gasteiger partial charge on any atom is -0.494 e. The van der Waals surface area contributed by atoms with Crippen LogP contribution in [0.15, 0.2) is 30.6 Å². The summed E-state index contributed by atoms with van der Waals surface area (Å²) < 4.78 is 20.3. The first-order chi connectivity index (χ1) is 8.70. The van der Waals surface area contributed by atoms with Gasteiger partial charge in [0, 0.05) is 26.0 Å². The molecule has 1 aromatic heterocycles. The number of hydrogen-bond donors (Lipinski definition) is 1. The van der Waals surface area contributed by atoms with Crippen LogP contribution in [0.4, 0.5) is 4.39 Å². The number of imidazole rings is 1. The molecule has 0 amide bonds. The Kier molecular flexibility index (Phi) is 3.94. The Morgan fingerprint density at radius 1 is 1.39 bits per heavy atom. The summed E-state index contributed by atoms with van der Waals surface area (Å²) in [6, 6.07) is 4.95. The normalized spacial score (nSPS) is 10.6. The lowest BCUT2D eigenvalue weighted by atomic mass is 10.2. The summed E-state index contributed by atoms with van der Waals surface area (Å²) in [6.07, 6.45) is 3.65. The van der Waals surface area contributed by atoms with E-state index in [1.807, 2.05) is 23.9 Å². The first-order valence-electron chi connectivity index (χ1n) is 5.70. The third-order valence-corrected chi connectivity index (χ3v) is 2.75. The molecular weight excluding hydrogens is 233 g/mol. The minimum atomic E-state index is -0.339. The van der Waals surface area contributed by atoms with Gasteiger partial charge in [-0.2, -0.15) is 0 Å². The highest BCUT2D eigenvalue weighted by Crippen LogP contribution is 2.17. The van der Waals surface area contributed by atoms with Crippen molar-refractivity contribution in [2.45, 2.75) is 13.1 Å². The van der Waals surface area contributed by atoms with Crippen LogP contribution < -0.4 is 10.1 Å². The van der Waals surface area contributed by atoms with Crippen molar-refractivity contribution in [3.63, 3.8) is 0 Å². The van der Waals surface area contributed by atoms with Crippen LogP contribution in [-0.4, -0.2) is 16.7 Å². The molecule has 0 spiro atoms. The molecule has 4 nitrogen and oxygen atoms in total. The summed E-state index contributed by atoms with van der Waals surface area (Å²) in [5.41, 5.74) is 0.877. The van der Waals surface area contributed by atoms with E-state index in [0.717, 1.165) is 11.4 Å². The number of aromatic nitrogens is 2. The summed E-state index contributed by atoms with van der Waals surface area (Å²) in [6.45, 7) is 1.24. The highest BCUT2D eigenvalue weighted by molar-refractivity contribution is 5.29. The van der Waals surface area contributed by atoms with Gasteiger partial charge in [-0.05, 0) is 17.7 Å². The van der Waals surface area contributed by atoms with E-state index in [9.17, 15) is 4.39 Å². The van der Waals surface area contributed by atoms with E-state index in [0.29, 0.717) is 13.1 Å². The summed E-state index contributed by atoms with van der Waals surface area (Å²) in [7, 11) is 3.40. The largest absolute Gasteiger partial charge is 0.494 e. The van der Waals surface area contributed by atoms with Crippen LogP contribution in [0.1, 0.15) is 11.4 Å². The fourth-order valence-electron chi connectivity index (χ4n) is 1.71. The molecule has 0 fully saturated rings. The number of rotatable bonds is 5. The van der Waals surface area contributed by atoms with Gasteiger partial charge in [0.2, 0.25) is 0 Å². The molecule has 2 rings (SSSR count). The van der Waals surface area contributed by atoms with Crippen molar-refractivity contribution in [3.8, 4) is 5.75 Å². The molecule has 1 heterocycles. The molecule has 0 aliphatic heterocycles. The van der Waals surface area contributed by atoms with E-state index in [1.165, 1.54) is 13.2 Å². The van der Waals surface area contributed by atoms with Crippen LogP contribution in [0.5, 0.6) is 5.75 Å². The van der Waals surface area contributed by atoms with Crippen LogP contribution >= 0.6 is 0 Å². The van der Waals surface area contributed by atoms with Gasteiger partial charge in [-0.3, -0.25) is 0 Å². The lowest BCUT2D eigenvalue weighted by molar-refractivity contribution is 0.386. The van der Waals surface area contributed by atoms with Gasteiger partial charge in [-0.1, -0.05) is 6.07 Å². The van der Waals surface area contributed by atoms with Crippen LogP contribution in [0.2, 0.25) is 0 Å². The van der Waals surface area contributed by atoms with Gasteiger partial charge in [0.15, 0.2) is 11.6 Å². The molecule has 0 unspecified atom stereocenters. The maximum absolute atomic E-state index is 13.4. The molecule has 0 radical (unpaired) electrons. The first kappa shape index (κ1) is 12.6. The van der Waals surface area contributed by atoms with E-state index in [-0.39, 0.29) is 11.6 Å². The SMILES string of the molecule is COc1ccc(CNCc2nccn2C)cc1F. The zero-order chi connectivity index (χ0) is 13.0. The highest BCUT2D eigenvalue weighted by Gasteiger charge is 2.03. The molecule has 1 N–H and O–H groups in total. The molecule has 1 aromatic carbocycles. The van der Waals surface area contributed by atoms with Crippen molar-refractivity contribution in [3.05, 3.63) is 47.8 Å². The average Bonchev–Trinajstić information content (AvgIpc) is 2.75. The number of aryl methyl sites for hydroxylation is 1. The Bertz CT molecular complexity index is 525. The van der Waals surface area contributed by atoms with Gasteiger partial charge < -0.3 is 14.6 Å². The van der Waals surface area contributed by atoms with E-state index in [2.05, 4.69) is 10.3 Å². The number of hydrogen-bond acceptors (Lipinski definition) is 3. The topological polar surface area (TPSA) is 39.1 Å². The molecule has 2 aromatic rings. The zero-order valence-electron chi connectivity index (χ0n) is 10.5. The maximum Gasteiger partial charge on any atom is 0.165 e. The van der Waals surface area contributed by atoms with Gasteiger partial charge in [-0.15, -0.1) is 0 Å². The molecule has 5 heteroatoms. The summed E-state index contributed by atoms with van der Waals surface area (Å²) in [5, 5.41) is 3.22. The van der Waals surface area contributed by atoms with Crippen LogP contribution in [-0.2, 0) is 20.1 Å². The Hall–Kier alpha value is -1.88. The van der Waals surface area contributed by atoms with Gasteiger partial charge in [0.1, 0.15) is 5.82 Å². The van der Waals surface area contributed by atoms with E-state index in [1.54, 1.807) is 12.3 Å². The van der Waals surface area contributed by atoms with Crippen molar-refractivity contribution < 1.29 is 9.13 Å². The van der Waals surface area contributed by atoms with Gasteiger partial charge in [0.05, 0.1) is 13.7 Å². The number of nitrogens with one attached hydrogen (secondary N) is 1. The molecule has 96 valence electrons. The quantitative estimate of drug-likeness (QED) is 0.879. The molecular formula is C13H16FN3O. The fraction of sp³-hybridized carbons (Fsp3) is 0.308. The smallest absolute Gasteiger partial charge is 0.165 e. The average molecular weight is 249 g/mol. The van der Waals surface area contributed by atoms with Crippen molar-refractivity contribution in [1.82, 2.24) is 14.9 Å². The molecule has 0 saturated carbocycles. The summed E-state index contributed by atoms with van der Waals surface area (Å²) >= 11 is 0. The second-order valence-electron chi connectivity index (χ2n) is 4.03. The minimum absolute atomic E-state index is 0.267. The lowest BCUT2D eigenvalue weighted by Gasteiger charge is -2.07. The van der Waals surface area contributed by atoms with Crippen molar-refractivity contribution in [1.29, 1.82) is 0 Å². The van der Waals surface area contributed by atoms with Gasteiger partial charge in [-0.25, -0.2) is 9.37 Å². The third-order valence-electron chi connectivity index (χ3n) is 2.75. The number of benzene rings is 1. The van der Waals surface area contributed by atoms with Gasteiger partial charge >= 0.3 is 0 Å². The van der Waals surface area contributed by atoms with Crippen LogP contribution in [0, 0.1) is 5.82 Å². The second kappa shape index (κ2) is 5.64. The number of halogens is 1. The first-order valence-corrected chi connectivity index (χ1v) is 5.70. The van der Waals surface area contributed by atoms with E-state index in [4.69, 9.17) is 4.74 Å². The Labute approximate surface area is 105 Å². The molecule has 18 heavy (non-hydrogen) atoms. The standard InChI is InChI=1S/C13H16FN3O/c1-17-6-5-16-13(17)9-15-8-10-3-4-12(18-2)11(14)7-10/h3-7,15H,8-9H2,1-2H3. The summed E-state index contributed by atoms with van der Waals surface area (Å²) in [4.78, 5) is 4.20. The third kappa shape index (κ3) is 2.87. The number of ether oxygens (including phenoxy) is 1. The summed E-state index contributed by atoms with van der Waals surface area (Å²) in [5.74, 6) is 0.876. The Morgan fingerprint density at radius 2 is 2.22 bits per heavy atom. The number of methoxy groups -OCH3 is 1. The zero-order valence-corrected chi connectivity index (χ0v) is 10.5. The van der Waals surface area contributed by atoms with E-state index >= 15 is 0 Å². The molecule has 0 bridgehead atoms. The molecule has 0 aliphatic carbocycles. The Morgan fingerprint density at radius 3 is 2.83 bits per heavy atom. The van der Waals surface area contributed by atoms with Crippen molar-refractivity contribution in [2.24, 2.45) is 7.05 Å². The molecule has 0 saturated heterocycles. The van der Waals surface area contributed by atoms with Gasteiger partial charge in [0.25, 0.3) is 0 Å². The Balaban J connectivity index is 1.91. The predicted molar refractivity (Wildman–Crippen MR) is 66.7 cm³/mol. The number of nitrogens with zero attached hydrogens (tertiary/aromatic N) is 2. The van der Waals surface area contributed by atoms with Crippen LogP contribution in [0.25, 0.3) is 0 Å². The second-order valence-corrected chi connectivity index (χ2v) is 4.03. The van der Waals surface area contributed by atoms with E-state index < -0.39 is 0 Å². The van der Waals surface area contributed by atoms with Crippen molar-refractivity contribution in [2.75, 3.05) is 7.11 Å². The monoisotopic (exact) mass is 249 g/mol. The molecule has 0 atom stereocenters. The lowest BCUT2D eigenvalue weighted by Crippen LogP contribution is -2.15. The molecule has 0 aliphatic rings. The maximum atomic E-state index is 13.4. The predicted octanol–water partition coefficient (Wildman–Crippen LogP) is 1.86.